The molecule has 132 valence electrons. The zero-order valence-electron chi connectivity index (χ0n) is 15.5. The second kappa shape index (κ2) is 6.37. The minimum absolute atomic E-state index is 0.165. The Morgan fingerprint density at radius 3 is 2.58 bits per heavy atom. The van der Waals surface area contributed by atoms with Gasteiger partial charge in [-0.1, -0.05) is 37.3 Å². The largest absolute Gasteiger partial charge is 0.337 e. The fourth-order valence-corrected chi connectivity index (χ4v) is 3.13. The van der Waals surface area contributed by atoms with Crippen LogP contribution in [0.4, 0.5) is 0 Å². The van der Waals surface area contributed by atoms with Gasteiger partial charge in [-0.05, 0) is 13.8 Å². The molecule has 0 fully saturated rings. The highest BCUT2D eigenvalue weighted by Crippen LogP contribution is 2.22. The molecule has 0 bridgehead atoms. The van der Waals surface area contributed by atoms with E-state index in [4.69, 9.17) is 15.1 Å². The number of aromatic nitrogens is 6. The van der Waals surface area contributed by atoms with Gasteiger partial charge in [-0.15, -0.1) is 0 Å². The fraction of sp³-hybridized carbons (Fsp3) is 0.300. The second-order valence-electron chi connectivity index (χ2n) is 6.81. The maximum absolute atomic E-state index is 4.82. The number of benzene rings is 1. The van der Waals surface area contributed by atoms with E-state index in [1.54, 1.807) is 0 Å². The first-order chi connectivity index (χ1) is 12.5. The van der Waals surface area contributed by atoms with Gasteiger partial charge in [-0.2, -0.15) is 5.10 Å². The Kier molecular flexibility index (Phi) is 4.03. The third-order valence-electron chi connectivity index (χ3n) is 4.70. The summed E-state index contributed by atoms with van der Waals surface area (Å²) in [6, 6.07) is 10.2. The van der Waals surface area contributed by atoms with E-state index in [1.165, 1.54) is 0 Å². The summed E-state index contributed by atoms with van der Waals surface area (Å²) in [5, 5.41) is 4.69. The molecule has 3 heterocycles. The van der Waals surface area contributed by atoms with Crippen LogP contribution in [0.3, 0.4) is 0 Å². The van der Waals surface area contributed by atoms with E-state index in [-0.39, 0.29) is 5.92 Å². The number of imidazole rings is 1. The van der Waals surface area contributed by atoms with Gasteiger partial charge < -0.3 is 4.57 Å². The zero-order chi connectivity index (χ0) is 18.3. The van der Waals surface area contributed by atoms with Gasteiger partial charge >= 0.3 is 0 Å². The summed E-state index contributed by atoms with van der Waals surface area (Å²) < 4.78 is 3.97. The summed E-state index contributed by atoms with van der Waals surface area (Å²) >= 11 is 0. The Labute approximate surface area is 152 Å². The third kappa shape index (κ3) is 2.87. The summed E-state index contributed by atoms with van der Waals surface area (Å²) in [5.41, 5.74) is 4.83. The predicted molar refractivity (Wildman–Crippen MR) is 101 cm³/mol. The average Bonchev–Trinajstić information content (AvgIpc) is 3.25. The Bertz CT molecular complexity index is 1020. The van der Waals surface area contributed by atoms with Crippen molar-refractivity contribution in [3.05, 3.63) is 65.8 Å². The topological polar surface area (TPSA) is 60.9 Å². The van der Waals surface area contributed by atoms with Crippen LogP contribution in [0.25, 0.3) is 16.9 Å². The van der Waals surface area contributed by atoms with Crippen LogP contribution < -0.4 is 0 Å². The molecule has 0 N–H and O–H groups in total. The lowest BCUT2D eigenvalue weighted by atomic mass is 10.1. The molecule has 0 amide bonds. The van der Waals surface area contributed by atoms with Crippen LogP contribution >= 0.6 is 0 Å². The molecule has 0 aliphatic heterocycles. The maximum atomic E-state index is 4.82. The Morgan fingerprint density at radius 2 is 1.85 bits per heavy atom. The summed E-state index contributed by atoms with van der Waals surface area (Å²) in [6.07, 6.45) is 4.69. The highest BCUT2D eigenvalue weighted by atomic mass is 15.3. The highest BCUT2D eigenvalue weighted by Gasteiger charge is 2.18. The molecular weight excluding hydrogens is 324 g/mol. The number of aryl methyl sites for hydroxylation is 3. The van der Waals surface area contributed by atoms with Gasteiger partial charge in [-0.3, -0.25) is 4.98 Å². The lowest BCUT2D eigenvalue weighted by Crippen LogP contribution is -2.06. The van der Waals surface area contributed by atoms with Gasteiger partial charge in [0.2, 0.25) is 0 Å². The average molecular weight is 346 g/mol. The Morgan fingerprint density at radius 1 is 1.08 bits per heavy atom. The fourth-order valence-electron chi connectivity index (χ4n) is 3.13. The molecule has 0 aliphatic carbocycles. The Hall–Kier alpha value is -3.02. The van der Waals surface area contributed by atoms with Crippen molar-refractivity contribution >= 4 is 5.65 Å². The molecule has 4 aromatic rings. The monoisotopic (exact) mass is 346 g/mol. The van der Waals surface area contributed by atoms with Gasteiger partial charge in [-0.25, -0.2) is 14.5 Å². The molecule has 6 heteroatoms. The van der Waals surface area contributed by atoms with Crippen molar-refractivity contribution in [1.29, 1.82) is 0 Å². The van der Waals surface area contributed by atoms with Crippen molar-refractivity contribution in [3.63, 3.8) is 0 Å². The van der Waals surface area contributed by atoms with Crippen molar-refractivity contribution in [2.24, 2.45) is 7.05 Å². The minimum atomic E-state index is 0.165. The number of hydrogen-bond donors (Lipinski definition) is 0. The maximum Gasteiger partial charge on any atom is 0.177 e. The summed E-state index contributed by atoms with van der Waals surface area (Å²) in [7, 11) is 2.04. The van der Waals surface area contributed by atoms with Gasteiger partial charge in [0.1, 0.15) is 5.82 Å². The molecule has 0 aliphatic rings. The standard InChI is InChI=1S/C20H22N6/c1-13(19-23-20-15(3)21-11-14(2)26(20)24-19)10-18-22-17(12-25(18)4)16-8-6-5-7-9-16/h5-9,11-13H,10H2,1-4H3. The first-order valence-corrected chi connectivity index (χ1v) is 8.79. The van der Waals surface area contributed by atoms with Gasteiger partial charge in [0, 0.05) is 37.3 Å². The van der Waals surface area contributed by atoms with Crippen LogP contribution in [0.1, 0.15) is 35.9 Å². The number of nitrogens with zero attached hydrogens (tertiary/aromatic N) is 6. The smallest absolute Gasteiger partial charge is 0.177 e. The lowest BCUT2D eigenvalue weighted by Gasteiger charge is -2.06. The molecule has 0 radical (unpaired) electrons. The van der Waals surface area contributed by atoms with Gasteiger partial charge in [0.15, 0.2) is 11.5 Å². The molecule has 26 heavy (non-hydrogen) atoms. The van der Waals surface area contributed by atoms with E-state index >= 15 is 0 Å². The molecular formula is C20H22N6. The second-order valence-corrected chi connectivity index (χ2v) is 6.81. The van der Waals surface area contributed by atoms with Crippen molar-refractivity contribution < 1.29 is 0 Å². The molecule has 1 aromatic carbocycles. The quantitative estimate of drug-likeness (QED) is 0.567. The van der Waals surface area contributed by atoms with E-state index in [9.17, 15) is 0 Å². The van der Waals surface area contributed by atoms with Crippen molar-refractivity contribution in [2.45, 2.75) is 33.1 Å². The SMILES string of the molecule is Cc1ncc(C)n2nc(C(C)Cc3nc(-c4ccccc4)cn3C)nc12. The lowest BCUT2D eigenvalue weighted by molar-refractivity contribution is 0.645. The number of hydrogen-bond acceptors (Lipinski definition) is 4. The molecule has 1 unspecified atom stereocenters. The van der Waals surface area contributed by atoms with E-state index in [2.05, 4.69) is 34.8 Å². The summed E-state index contributed by atoms with van der Waals surface area (Å²) in [6.45, 7) is 6.10. The predicted octanol–water partition coefficient (Wildman–Crippen LogP) is 3.49. The highest BCUT2D eigenvalue weighted by molar-refractivity contribution is 5.58. The molecule has 3 aromatic heterocycles. The van der Waals surface area contributed by atoms with Crippen molar-refractivity contribution in [1.82, 2.24) is 29.1 Å². The van der Waals surface area contributed by atoms with Gasteiger partial charge in [0.25, 0.3) is 0 Å². The number of rotatable bonds is 4. The molecule has 1 atom stereocenters. The van der Waals surface area contributed by atoms with Crippen LogP contribution in [-0.4, -0.2) is 29.1 Å². The minimum Gasteiger partial charge on any atom is -0.337 e. The van der Waals surface area contributed by atoms with Gasteiger partial charge in [0.05, 0.1) is 17.1 Å². The Balaban J connectivity index is 1.63. The molecule has 0 spiro atoms. The molecule has 0 saturated carbocycles. The molecule has 0 saturated heterocycles. The van der Waals surface area contributed by atoms with Crippen LogP contribution in [0.2, 0.25) is 0 Å². The number of fused-ring (bicyclic) bond motifs is 1. The third-order valence-corrected chi connectivity index (χ3v) is 4.70. The van der Waals surface area contributed by atoms with Crippen molar-refractivity contribution in [3.8, 4) is 11.3 Å². The summed E-state index contributed by atoms with van der Waals surface area (Å²) in [5.74, 6) is 2.02. The van der Waals surface area contributed by atoms with Crippen LogP contribution in [-0.2, 0) is 13.5 Å². The summed E-state index contributed by atoms with van der Waals surface area (Å²) in [4.78, 5) is 13.9. The van der Waals surface area contributed by atoms with E-state index in [1.807, 2.05) is 49.8 Å². The first kappa shape index (κ1) is 16.4. The van der Waals surface area contributed by atoms with E-state index in [0.29, 0.717) is 0 Å². The first-order valence-electron chi connectivity index (χ1n) is 8.79. The van der Waals surface area contributed by atoms with E-state index in [0.717, 1.165) is 46.4 Å². The van der Waals surface area contributed by atoms with Crippen LogP contribution in [0.15, 0.2) is 42.7 Å². The zero-order valence-corrected chi connectivity index (χ0v) is 15.5. The molecule has 6 nitrogen and oxygen atoms in total. The van der Waals surface area contributed by atoms with E-state index < -0.39 is 0 Å². The van der Waals surface area contributed by atoms with Crippen molar-refractivity contribution in [2.75, 3.05) is 0 Å². The normalized spacial score (nSPS) is 12.6. The molecule has 4 rings (SSSR count). The van der Waals surface area contributed by atoms with Crippen LogP contribution in [0.5, 0.6) is 0 Å². The van der Waals surface area contributed by atoms with Crippen LogP contribution in [0, 0.1) is 13.8 Å².